The Labute approximate surface area is 56.0 Å². The molecule has 0 rings (SSSR count). The fourth-order valence-electron chi connectivity index (χ4n) is 0.435. The van der Waals surface area contributed by atoms with Crippen LogP contribution in [-0.2, 0) is 0 Å². The van der Waals surface area contributed by atoms with E-state index in [1.165, 1.54) is 0 Å². The molecular weight excluding hydrogens is 116 g/mol. The van der Waals surface area contributed by atoms with E-state index < -0.39 is 0 Å². The molecule has 0 atom stereocenters. The Morgan fingerprint density at radius 3 is 2.44 bits per heavy atom. The molecule has 3 nitrogen and oxygen atoms in total. The highest BCUT2D eigenvalue weighted by Crippen LogP contribution is 1.86. The van der Waals surface area contributed by atoms with Gasteiger partial charge in [0.05, 0.1) is 5.71 Å². The van der Waals surface area contributed by atoms with Gasteiger partial charge in [0.25, 0.3) is 0 Å². The molecule has 0 fully saturated rings. The third-order valence-corrected chi connectivity index (χ3v) is 1.09. The van der Waals surface area contributed by atoms with Crippen molar-refractivity contribution in [2.75, 3.05) is 20.6 Å². The SMILES string of the molecule is C/C(CCN(C)C)=N/O. The highest BCUT2D eigenvalue weighted by atomic mass is 16.4. The molecule has 0 radical (unpaired) electrons. The van der Waals surface area contributed by atoms with Crippen LogP contribution in [0.25, 0.3) is 0 Å². The first-order valence-corrected chi connectivity index (χ1v) is 2.99. The van der Waals surface area contributed by atoms with Crippen molar-refractivity contribution >= 4 is 5.71 Å². The van der Waals surface area contributed by atoms with E-state index in [-0.39, 0.29) is 0 Å². The van der Waals surface area contributed by atoms with E-state index in [2.05, 4.69) is 10.1 Å². The lowest BCUT2D eigenvalue weighted by molar-refractivity contribution is 0.315. The lowest BCUT2D eigenvalue weighted by Crippen LogP contribution is -2.15. The van der Waals surface area contributed by atoms with Crippen LogP contribution in [0.3, 0.4) is 0 Å². The molecule has 9 heavy (non-hydrogen) atoms. The molecule has 0 spiro atoms. The van der Waals surface area contributed by atoms with Crippen LogP contribution < -0.4 is 0 Å². The molecular formula is C6H14N2O. The Balaban J connectivity index is 3.28. The van der Waals surface area contributed by atoms with Crippen molar-refractivity contribution < 1.29 is 5.21 Å². The maximum atomic E-state index is 8.22. The van der Waals surface area contributed by atoms with Crippen LogP contribution in [0.4, 0.5) is 0 Å². The summed E-state index contributed by atoms with van der Waals surface area (Å²) < 4.78 is 0. The number of oxime groups is 1. The molecule has 0 unspecified atom stereocenters. The third-order valence-electron chi connectivity index (χ3n) is 1.09. The van der Waals surface area contributed by atoms with Gasteiger partial charge < -0.3 is 10.1 Å². The predicted molar refractivity (Wildman–Crippen MR) is 38.1 cm³/mol. The van der Waals surface area contributed by atoms with Crippen molar-refractivity contribution in [1.82, 2.24) is 4.90 Å². The zero-order chi connectivity index (χ0) is 7.28. The molecule has 1 N–H and O–H groups in total. The lowest BCUT2D eigenvalue weighted by Gasteiger charge is -2.06. The average Bonchev–Trinajstić information content (AvgIpc) is 1.83. The fraction of sp³-hybridized carbons (Fsp3) is 0.833. The molecule has 0 saturated carbocycles. The van der Waals surface area contributed by atoms with Crippen molar-refractivity contribution in [2.24, 2.45) is 5.16 Å². The molecule has 0 saturated heterocycles. The van der Waals surface area contributed by atoms with Crippen LogP contribution in [0.1, 0.15) is 13.3 Å². The van der Waals surface area contributed by atoms with Gasteiger partial charge in [-0.3, -0.25) is 0 Å². The Kier molecular flexibility index (Phi) is 4.05. The minimum atomic E-state index is 0.781. The topological polar surface area (TPSA) is 35.8 Å². The Hall–Kier alpha value is -0.570. The summed E-state index contributed by atoms with van der Waals surface area (Å²) in [5.41, 5.74) is 0.781. The molecule has 0 aliphatic heterocycles. The predicted octanol–water partition coefficient (Wildman–Crippen LogP) is 0.788. The number of nitrogens with zero attached hydrogens (tertiary/aromatic N) is 2. The molecule has 0 aromatic rings. The van der Waals surface area contributed by atoms with E-state index >= 15 is 0 Å². The van der Waals surface area contributed by atoms with Gasteiger partial charge >= 0.3 is 0 Å². The van der Waals surface area contributed by atoms with E-state index in [0.29, 0.717) is 0 Å². The number of hydrogen-bond acceptors (Lipinski definition) is 3. The number of rotatable bonds is 3. The quantitative estimate of drug-likeness (QED) is 0.348. The van der Waals surface area contributed by atoms with Gasteiger partial charge in [-0.05, 0) is 21.0 Å². The van der Waals surface area contributed by atoms with Crippen molar-refractivity contribution in [3.8, 4) is 0 Å². The zero-order valence-electron chi connectivity index (χ0n) is 6.26. The molecule has 0 heterocycles. The first kappa shape index (κ1) is 8.43. The van der Waals surface area contributed by atoms with Crippen molar-refractivity contribution in [3.05, 3.63) is 0 Å². The minimum absolute atomic E-state index is 0.781. The second-order valence-electron chi connectivity index (χ2n) is 2.39. The molecule has 54 valence electrons. The third kappa shape index (κ3) is 5.30. The summed E-state index contributed by atoms with van der Waals surface area (Å²) in [6, 6.07) is 0. The van der Waals surface area contributed by atoms with Gasteiger partial charge in [0.1, 0.15) is 0 Å². The first-order chi connectivity index (χ1) is 4.16. The van der Waals surface area contributed by atoms with Crippen molar-refractivity contribution in [1.29, 1.82) is 0 Å². The maximum absolute atomic E-state index is 8.22. The monoisotopic (exact) mass is 130 g/mol. The Morgan fingerprint density at radius 1 is 1.56 bits per heavy atom. The van der Waals surface area contributed by atoms with Crippen LogP contribution in [0.2, 0.25) is 0 Å². The molecule has 3 heteroatoms. The summed E-state index contributed by atoms with van der Waals surface area (Å²) in [6.45, 7) is 2.75. The van der Waals surface area contributed by atoms with Crippen molar-refractivity contribution in [3.63, 3.8) is 0 Å². The van der Waals surface area contributed by atoms with Crippen LogP contribution >= 0.6 is 0 Å². The summed E-state index contributed by atoms with van der Waals surface area (Å²) in [5, 5.41) is 11.3. The smallest absolute Gasteiger partial charge is 0.0552 e. The van der Waals surface area contributed by atoms with Gasteiger partial charge in [-0.25, -0.2) is 0 Å². The second kappa shape index (κ2) is 4.32. The molecule has 0 aromatic carbocycles. The summed E-state index contributed by atoms with van der Waals surface area (Å²) in [7, 11) is 3.98. The van der Waals surface area contributed by atoms with Crippen molar-refractivity contribution in [2.45, 2.75) is 13.3 Å². The summed E-state index contributed by atoms with van der Waals surface area (Å²) in [6.07, 6.45) is 0.837. The fourth-order valence-corrected chi connectivity index (χ4v) is 0.435. The second-order valence-corrected chi connectivity index (χ2v) is 2.39. The van der Waals surface area contributed by atoms with Crippen LogP contribution in [0.5, 0.6) is 0 Å². The average molecular weight is 130 g/mol. The van der Waals surface area contributed by atoms with E-state index in [1.807, 2.05) is 21.0 Å². The Morgan fingerprint density at radius 2 is 2.11 bits per heavy atom. The van der Waals surface area contributed by atoms with Gasteiger partial charge in [-0.2, -0.15) is 0 Å². The number of hydrogen-bond donors (Lipinski definition) is 1. The van der Waals surface area contributed by atoms with Crippen LogP contribution in [-0.4, -0.2) is 36.5 Å². The van der Waals surface area contributed by atoms with Gasteiger partial charge in [-0.1, -0.05) is 5.16 Å². The van der Waals surface area contributed by atoms with Gasteiger partial charge in [0.2, 0.25) is 0 Å². The molecule has 0 aliphatic rings. The summed E-state index contributed by atoms with van der Waals surface area (Å²) >= 11 is 0. The van der Waals surface area contributed by atoms with Gasteiger partial charge in [0, 0.05) is 13.0 Å². The maximum Gasteiger partial charge on any atom is 0.0552 e. The van der Waals surface area contributed by atoms with E-state index in [1.54, 1.807) is 0 Å². The zero-order valence-corrected chi connectivity index (χ0v) is 6.26. The Bertz CT molecular complexity index is 99.2. The molecule has 0 aliphatic carbocycles. The standard InChI is InChI=1S/C6H14N2O/c1-6(7-9)4-5-8(2)3/h9H,4-5H2,1-3H3/b7-6-. The highest BCUT2D eigenvalue weighted by Gasteiger charge is 1.92. The summed E-state index contributed by atoms with van der Waals surface area (Å²) in [5.74, 6) is 0. The van der Waals surface area contributed by atoms with E-state index in [4.69, 9.17) is 5.21 Å². The van der Waals surface area contributed by atoms with E-state index in [0.717, 1.165) is 18.7 Å². The van der Waals surface area contributed by atoms with Crippen LogP contribution in [0.15, 0.2) is 5.16 Å². The summed E-state index contributed by atoms with van der Waals surface area (Å²) in [4.78, 5) is 2.05. The van der Waals surface area contributed by atoms with E-state index in [9.17, 15) is 0 Å². The molecule has 0 amide bonds. The molecule has 0 bridgehead atoms. The largest absolute Gasteiger partial charge is 0.411 e. The first-order valence-electron chi connectivity index (χ1n) is 2.99. The highest BCUT2D eigenvalue weighted by molar-refractivity contribution is 5.81. The lowest BCUT2D eigenvalue weighted by atomic mass is 10.3. The van der Waals surface area contributed by atoms with Crippen LogP contribution in [0, 0.1) is 0 Å². The molecule has 0 aromatic heterocycles. The minimum Gasteiger partial charge on any atom is -0.411 e. The normalized spacial score (nSPS) is 12.7. The van der Waals surface area contributed by atoms with Gasteiger partial charge in [0.15, 0.2) is 0 Å². The van der Waals surface area contributed by atoms with Gasteiger partial charge in [-0.15, -0.1) is 0 Å².